The first-order valence-electron chi connectivity index (χ1n) is 8.04. The Morgan fingerprint density at radius 1 is 1.46 bits per heavy atom. The molecule has 0 radical (unpaired) electrons. The van der Waals surface area contributed by atoms with E-state index in [0.717, 1.165) is 41.9 Å². The number of piperidine rings is 1. The first kappa shape index (κ1) is 17.2. The first-order chi connectivity index (χ1) is 11.7. The van der Waals surface area contributed by atoms with Gasteiger partial charge in [0.1, 0.15) is 0 Å². The highest BCUT2D eigenvalue weighted by atomic mass is 32.2. The molecule has 0 aromatic carbocycles. The quantitative estimate of drug-likeness (QED) is 0.795. The van der Waals surface area contributed by atoms with Crippen molar-refractivity contribution in [3.8, 4) is 0 Å². The summed E-state index contributed by atoms with van der Waals surface area (Å²) in [6.45, 7) is 4.54. The van der Waals surface area contributed by atoms with Gasteiger partial charge >= 0.3 is 0 Å². The minimum Gasteiger partial charge on any atom is -0.355 e. The Kier molecular flexibility index (Phi) is 6.03. The van der Waals surface area contributed by atoms with Crippen molar-refractivity contribution in [1.29, 1.82) is 0 Å². The summed E-state index contributed by atoms with van der Waals surface area (Å²) in [6, 6.07) is 1.83. The Bertz CT molecular complexity index is 663. The molecule has 0 bridgehead atoms. The summed E-state index contributed by atoms with van der Waals surface area (Å²) < 4.78 is 0.952. The number of thioether (sulfide) groups is 1. The molecule has 0 unspecified atom stereocenters. The fourth-order valence-electron chi connectivity index (χ4n) is 2.70. The zero-order valence-corrected chi connectivity index (χ0v) is 15.3. The molecule has 6 nitrogen and oxygen atoms in total. The lowest BCUT2D eigenvalue weighted by molar-refractivity contribution is -0.118. The van der Waals surface area contributed by atoms with Crippen molar-refractivity contribution in [3.05, 3.63) is 29.5 Å². The highest BCUT2D eigenvalue weighted by Crippen LogP contribution is 2.22. The van der Waals surface area contributed by atoms with E-state index in [1.165, 1.54) is 11.8 Å². The summed E-state index contributed by atoms with van der Waals surface area (Å²) in [6.07, 6.45) is 5.77. The average molecular weight is 364 g/mol. The maximum Gasteiger partial charge on any atom is 0.230 e. The summed E-state index contributed by atoms with van der Waals surface area (Å²) in [5, 5.41) is 5.05. The molecule has 128 valence electrons. The minimum atomic E-state index is 0.0703. The molecular weight excluding hydrogens is 342 g/mol. The number of nitrogens with zero attached hydrogens (tertiary/aromatic N) is 4. The van der Waals surface area contributed by atoms with Gasteiger partial charge in [-0.1, -0.05) is 11.8 Å². The third-order valence-electron chi connectivity index (χ3n) is 3.87. The molecule has 3 heterocycles. The van der Waals surface area contributed by atoms with Gasteiger partial charge in [-0.25, -0.2) is 15.0 Å². The van der Waals surface area contributed by atoms with Crippen LogP contribution >= 0.6 is 23.1 Å². The summed E-state index contributed by atoms with van der Waals surface area (Å²) in [4.78, 5) is 27.2. The van der Waals surface area contributed by atoms with E-state index < -0.39 is 0 Å². The summed E-state index contributed by atoms with van der Waals surface area (Å²) >= 11 is 3.09. The smallest absolute Gasteiger partial charge is 0.230 e. The second-order valence-corrected chi connectivity index (χ2v) is 7.93. The molecule has 0 saturated carbocycles. The zero-order valence-electron chi connectivity index (χ0n) is 13.6. The highest BCUT2D eigenvalue weighted by molar-refractivity contribution is 8.01. The van der Waals surface area contributed by atoms with E-state index in [4.69, 9.17) is 0 Å². The van der Waals surface area contributed by atoms with E-state index >= 15 is 0 Å². The number of carbonyl (C=O) groups excluding carboxylic acids is 1. The van der Waals surface area contributed by atoms with Crippen LogP contribution in [0, 0.1) is 12.8 Å². The topological polar surface area (TPSA) is 71.0 Å². The molecule has 2 aromatic heterocycles. The average Bonchev–Trinajstić information content (AvgIpc) is 3.04. The van der Waals surface area contributed by atoms with Crippen molar-refractivity contribution < 1.29 is 4.79 Å². The number of amides is 1. The fourth-order valence-corrected chi connectivity index (χ4v) is 4.38. The Labute approximate surface area is 150 Å². The van der Waals surface area contributed by atoms with Crippen LogP contribution in [0.4, 0.5) is 5.95 Å². The second kappa shape index (κ2) is 8.43. The lowest BCUT2D eigenvalue weighted by atomic mass is 9.98. The standard InChI is InChI=1S/C16H21N5OS2/c1-12-10-23-16(20-12)24-11-14(22)19-8-13-4-2-7-21(9-13)15-17-5-3-6-18-15/h3,5-6,10,13H,2,4,7-9,11H2,1H3,(H,19,22)/t13-/m1/s1. The van der Waals surface area contributed by atoms with Gasteiger partial charge in [0, 0.05) is 43.1 Å². The Morgan fingerprint density at radius 3 is 3.04 bits per heavy atom. The molecule has 2 aromatic rings. The van der Waals surface area contributed by atoms with Crippen LogP contribution < -0.4 is 10.2 Å². The summed E-state index contributed by atoms with van der Waals surface area (Å²) in [5.41, 5.74) is 1.01. The molecule has 1 fully saturated rings. The molecule has 0 aliphatic carbocycles. The summed E-state index contributed by atoms with van der Waals surface area (Å²) in [5.74, 6) is 1.72. The highest BCUT2D eigenvalue weighted by Gasteiger charge is 2.22. The molecule has 3 rings (SSSR count). The van der Waals surface area contributed by atoms with Gasteiger partial charge in [-0.15, -0.1) is 11.3 Å². The largest absolute Gasteiger partial charge is 0.355 e. The molecule has 1 atom stereocenters. The van der Waals surface area contributed by atoms with E-state index in [2.05, 4.69) is 25.2 Å². The van der Waals surface area contributed by atoms with Gasteiger partial charge in [0.2, 0.25) is 11.9 Å². The molecule has 0 spiro atoms. The fraction of sp³-hybridized carbons (Fsp3) is 0.500. The molecule has 1 aliphatic heterocycles. The molecule has 1 aliphatic rings. The Morgan fingerprint density at radius 2 is 2.29 bits per heavy atom. The van der Waals surface area contributed by atoms with Crippen molar-refractivity contribution >= 4 is 35.0 Å². The van der Waals surface area contributed by atoms with Crippen molar-refractivity contribution in [2.75, 3.05) is 30.3 Å². The van der Waals surface area contributed by atoms with E-state index in [1.807, 2.05) is 18.4 Å². The molecule has 24 heavy (non-hydrogen) atoms. The van der Waals surface area contributed by atoms with Crippen LogP contribution in [0.3, 0.4) is 0 Å². The monoisotopic (exact) mass is 363 g/mol. The number of anilines is 1. The molecule has 8 heteroatoms. The van der Waals surface area contributed by atoms with Gasteiger partial charge in [0.15, 0.2) is 4.34 Å². The van der Waals surface area contributed by atoms with Crippen molar-refractivity contribution in [3.63, 3.8) is 0 Å². The van der Waals surface area contributed by atoms with Gasteiger partial charge in [-0.3, -0.25) is 4.79 Å². The van der Waals surface area contributed by atoms with E-state index in [1.54, 1.807) is 23.7 Å². The number of nitrogens with one attached hydrogen (secondary N) is 1. The van der Waals surface area contributed by atoms with Crippen LogP contribution in [0.1, 0.15) is 18.5 Å². The summed E-state index contributed by atoms with van der Waals surface area (Å²) in [7, 11) is 0. The number of aryl methyl sites for hydroxylation is 1. The van der Waals surface area contributed by atoms with Crippen LogP contribution in [0.5, 0.6) is 0 Å². The normalized spacial score (nSPS) is 17.7. The van der Waals surface area contributed by atoms with E-state index in [9.17, 15) is 4.79 Å². The lowest BCUT2D eigenvalue weighted by Crippen LogP contribution is -2.42. The number of aromatic nitrogens is 3. The maximum absolute atomic E-state index is 12.0. The molecule has 1 amide bonds. The van der Waals surface area contributed by atoms with Crippen molar-refractivity contribution in [2.45, 2.75) is 24.1 Å². The van der Waals surface area contributed by atoms with Gasteiger partial charge < -0.3 is 10.2 Å². The zero-order chi connectivity index (χ0) is 16.8. The van der Waals surface area contributed by atoms with Gasteiger partial charge in [0.25, 0.3) is 0 Å². The first-order valence-corrected chi connectivity index (χ1v) is 9.91. The Hall–Kier alpha value is -1.67. The van der Waals surface area contributed by atoms with Crippen LogP contribution in [0.2, 0.25) is 0 Å². The van der Waals surface area contributed by atoms with Crippen molar-refractivity contribution in [1.82, 2.24) is 20.3 Å². The van der Waals surface area contributed by atoms with Crippen LogP contribution in [0.15, 0.2) is 28.2 Å². The third-order valence-corrected chi connectivity index (χ3v) is 6.01. The number of carbonyl (C=O) groups is 1. The SMILES string of the molecule is Cc1csc(SCC(=O)NC[C@H]2CCCN(c3ncccn3)C2)n1. The molecular formula is C16H21N5OS2. The molecule has 1 saturated heterocycles. The number of hydrogen-bond donors (Lipinski definition) is 1. The van der Waals surface area contributed by atoms with Gasteiger partial charge in [0.05, 0.1) is 5.75 Å². The number of thiazole rings is 1. The number of hydrogen-bond acceptors (Lipinski definition) is 7. The predicted molar refractivity (Wildman–Crippen MR) is 97.6 cm³/mol. The van der Waals surface area contributed by atoms with Gasteiger partial charge in [-0.05, 0) is 31.7 Å². The predicted octanol–water partition coefficient (Wildman–Crippen LogP) is 2.37. The van der Waals surface area contributed by atoms with E-state index in [0.29, 0.717) is 18.2 Å². The maximum atomic E-state index is 12.0. The van der Waals surface area contributed by atoms with Crippen LogP contribution in [-0.2, 0) is 4.79 Å². The third kappa shape index (κ3) is 4.91. The molecule has 1 N–H and O–H groups in total. The van der Waals surface area contributed by atoms with Gasteiger partial charge in [-0.2, -0.15) is 0 Å². The minimum absolute atomic E-state index is 0.0703. The second-order valence-electron chi connectivity index (χ2n) is 5.85. The van der Waals surface area contributed by atoms with Crippen LogP contribution in [0.25, 0.3) is 0 Å². The lowest BCUT2D eigenvalue weighted by Gasteiger charge is -2.32. The van der Waals surface area contributed by atoms with Crippen LogP contribution in [-0.4, -0.2) is 46.2 Å². The number of rotatable bonds is 6. The van der Waals surface area contributed by atoms with Crippen molar-refractivity contribution in [2.24, 2.45) is 5.92 Å². The Balaban J connectivity index is 1.41. The van der Waals surface area contributed by atoms with E-state index in [-0.39, 0.29) is 5.91 Å².